The molecule has 1 rings (SSSR count). The van der Waals surface area contributed by atoms with Crippen molar-refractivity contribution in [2.45, 2.75) is 32.6 Å². The average Bonchev–Trinajstić information content (AvgIpc) is 2.26. The molecule has 88 valence electrons. The lowest BCUT2D eigenvalue weighted by molar-refractivity contribution is -0.158. The van der Waals surface area contributed by atoms with Crippen molar-refractivity contribution in [3.8, 4) is 0 Å². The van der Waals surface area contributed by atoms with Crippen LogP contribution in [0.2, 0.25) is 0 Å². The van der Waals surface area contributed by atoms with Gasteiger partial charge in [0.1, 0.15) is 0 Å². The molecule has 0 aromatic heterocycles. The van der Waals surface area contributed by atoms with Gasteiger partial charge in [0.2, 0.25) is 0 Å². The highest BCUT2D eigenvalue weighted by molar-refractivity contribution is 7.99. The second kappa shape index (κ2) is 6.38. The summed E-state index contributed by atoms with van der Waals surface area (Å²) < 4.78 is 5.32. The molecule has 1 saturated heterocycles. The third kappa shape index (κ3) is 3.68. The summed E-state index contributed by atoms with van der Waals surface area (Å²) in [6, 6.07) is 0. The molecule has 3 nitrogen and oxygen atoms in total. The van der Waals surface area contributed by atoms with Crippen molar-refractivity contribution < 1.29 is 14.6 Å². The SMILES string of the molecule is CCSCCCC1(C(=O)O)CCCOC1. The van der Waals surface area contributed by atoms with E-state index in [2.05, 4.69) is 6.92 Å². The largest absolute Gasteiger partial charge is 0.481 e. The summed E-state index contributed by atoms with van der Waals surface area (Å²) in [5.74, 6) is 1.49. The lowest BCUT2D eigenvalue weighted by atomic mass is 9.79. The third-order valence-corrected chi connectivity index (χ3v) is 3.91. The Morgan fingerprint density at radius 2 is 2.40 bits per heavy atom. The van der Waals surface area contributed by atoms with Crippen molar-refractivity contribution in [2.75, 3.05) is 24.7 Å². The first-order chi connectivity index (χ1) is 7.21. The van der Waals surface area contributed by atoms with Crippen molar-refractivity contribution in [3.63, 3.8) is 0 Å². The lowest BCUT2D eigenvalue weighted by Gasteiger charge is -2.32. The van der Waals surface area contributed by atoms with Gasteiger partial charge in [-0.05, 0) is 37.2 Å². The van der Waals surface area contributed by atoms with Gasteiger partial charge >= 0.3 is 5.97 Å². The molecule has 1 atom stereocenters. The summed E-state index contributed by atoms with van der Waals surface area (Å²) in [6.45, 7) is 3.25. The van der Waals surface area contributed by atoms with Gasteiger partial charge in [0.05, 0.1) is 12.0 Å². The van der Waals surface area contributed by atoms with Gasteiger partial charge in [-0.25, -0.2) is 0 Å². The van der Waals surface area contributed by atoms with Crippen LogP contribution in [0.1, 0.15) is 32.6 Å². The molecule has 1 aliphatic heterocycles. The number of thioether (sulfide) groups is 1. The molecular formula is C11H20O3S. The van der Waals surface area contributed by atoms with Crippen LogP contribution in [0.25, 0.3) is 0 Å². The highest BCUT2D eigenvalue weighted by Crippen LogP contribution is 2.34. The molecule has 0 amide bonds. The maximum absolute atomic E-state index is 11.3. The van der Waals surface area contributed by atoms with Gasteiger partial charge in [-0.2, -0.15) is 11.8 Å². The average molecular weight is 232 g/mol. The second-order valence-electron chi connectivity index (χ2n) is 4.04. The Morgan fingerprint density at radius 1 is 1.60 bits per heavy atom. The molecule has 1 fully saturated rings. The number of ether oxygens (including phenoxy) is 1. The van der Waals surface area contributed by atoms with Crippen molar-refractivity contribution in [2.24, 2.45) is 5.41 Å². The Morgan fingerprint density at radius 3 is 2.93 bits per heavy atom. The van der Waals surface area contributed by atoms with Gasteiger partial charge in [0.25, 0.3) is 0 Å². The molecule has 1 heterocycles. The molecule has 1 unspecified atom stereocenters. The fourth-order valence-corrected chi connectivity index (χ4v) is 2.62. The van der Waals surface area contributed by atoms with Crippen LogP contribution in [0.3, 0.4) is 0 Å². The highest BCUT2D eigenvalue weighted by atomic mass is 32.2. The summed E-state index contributed by atoms with van der Waals surface area (Å²) in [6.07, 6.45) is 3.40. The van der Waals surface area contributed by atoms with Crippen LogP contribution in [0.4, 0.5) is 0 Å². The van der Waals surface area contributed by atoms with E-state index in [0.29, 0.717) is 6.61 Å². The van der Waals surface area contributed by atoms with Crippen LogP contribution < -0.4 is 0 Å². The van der Waals surface area contributed by atoms with Crippen LogP contribution in [0, 0.1) is 5.41 Å². The molecule has 0 aromatic carbocycles. The predicted octanol–water partition coefficient (Wildman–Crippen LogP) is 2.40. The highest BCUT2D eigenvalue weighted by Gasteiger charge is 2.39. The third-order valence-electron chi connectivity index (χ3n) is 2.92. The molecule has 4 heteroatoms. The van der Waals surface area contributed by atoms with E-state index >= 15 is 0 Å². The molecule has 0 spiro atoms. The van der Waals surface area contributed by atoms with E-state index in [-0.39, 0.29) is 0 Å². The lowest BCUT2D eigenvalue weighted by Crippen LogP contribution is -2.39. The van der Waals surface area contributed by atoms with E-state index in [4.69, 9.17) is 4.74 Å². The first kappa shape index (κ1) is 12.8. The van der Waals surface area contributed by atoms with Gasteiger partial charge in [-0.15, -0.1) is 0 Å². The Bertz CT molecular complexity index is 200. The summed E-state index contributed by atoms with van der Waals surface area (Å²) in [4.78, 5) is 11.3. The van der Waals surface area contributed by atoms with Crippen LogP contribution in [0.5, 0.6) is 0 Å². The summed E-state index contributed by atoms with van der Waals surface area (Å²) in [5.41, 5.74) is -0.591. The van der Waals surface area contributed by atoms with Crippen LogP contribution in [-0.4, -0.2) is 35.8 Å². The minimum atomic E-state index is -0.677. The normalized spacial score (nSPS) is 26.5. The summed E-state index contributed by atoms with van der Waals surface area (Å²) in [5, 5.41) is 9.26. The van der Waals surface area contributed by atoms with Crippen molar-refractivity contribution in [1.29, 1.82) is 0 Å². The minimum absolute atomic E-state index is 0.402. The van der Waals surface area contributed by atoms with Crippen molar-refractivity contribution in [3.05, 3.63) is 0 Å². The van der Waals surface area contributed by atoms with E-state index in [1.165, 1.54) is 0 Å². The minimum Gasteiger partial charge on any atom is -0.481 e. The number of carbonyl (C=O) groups is 1. The quantitative estimate of drug-likeness (QED) is 0.714. The van der Waals surface area contributed by atoms with Crippen molar-refractivity contribution in [1.82, 2.24) is 0 Å². The molecular weight excluding hydrogens is 212 g/mol. The van der Waals surface area contributed by atoms with Gasteiger partial charge in [-0.3, -0.25) is 4.79 Å². The Hall–Kier alpha value is -0.220. The molecule has 0 aromatic rings. The van der Waals surface area contributed by atoms with Gasteiger partial charge in [0.15, 0.2) is 0 Å². The maximum atomic E-state index is 11.3. The molecule has 0 bridgehead atoms. The van der Waals surface area contributed by atoms with Crippen LogP contribution in [-0.2, 0) is 9.53 Å². The molecule has 0 aliphatic carbocycles. The Labute approximate surface area is 95.6 Å². The fourth-order valence-electron chi connectivity index (χ4n) is 1.98. The van der Waals surface area contributed by atoms with Crippen molar-refractivity contribution >= 4 is 17.7 Å². The topological polar surface area (TPSA) is 46.5 Å². The number of hydrogen-bond donors (Lipinski definition) is 1. The van der Waals surface area contributed by atoms with Gasteiger partial charge < -0.3 is 9.84 Å². The molecule has 0 radical (unpaired) electrons. The number of carboxylic acids is 1. The predicted molar refractivity (Wildman–Crippen MR) is 62.4 cm³/mol. The summed E-state index contributed by atoms with van der Waals surface area (Å²) in [7, 11) is 0. The van der Waals surface area contributed by atoms with Crippen LogP contribution >= 0.6 is 11.8 Å². The molecule has 15 heavy (non-hydrogen) atoms. The van der Waals surface area contributed by atoms with E-state index in [9.17, 15) is 9.90 Å². The van der Waals surface area contributed by atoms with E-state index < -0.39 is 11.4 Å². The fraction of sp³-hybridized carbons (Fsp3) is 0.909. The Kier molecular flexibility index (Phi) is 5.47. The van der Waals surface area contributed by atoms with E-state index in [1.54, 1.807) is 0 Å². The van der Waals surface area contributed by atoms with Gasteiger partial charge in [-0.1, -0.05) is 6.92 Å². The molecule has 0 saturated carbocycles. The smallest absolute Gasteiger partial charge is 0.311 e. The second-order valence-corrected chi connectivity index (χ2v) is 5.44. The zero-order chi connectivity index (χ0) is 11.1. The zero-order valence-electron chi connectivity index (χ0n) is 9.33. The molecule has 1 N–H and O–H groups in total. The first-order valence-electron chi connectivity index (χ1n) is 5.60. The maximum Gasteiger partial charge on any atom is 0.311 e. The summed E-state index contributed by atoms with van der Waals surface area (Å²) >= 11 is 1.87. The first-order valence-corrected chi connectivity index (χ1v) is 6.75. The van der Waals surface area contributed by atoms with E-state index in [1.807, 2.05) is 11.8 Å². The number of aliphatic carboxylic acids is 1. The standard InChI is InChI=1S/C11H20O3S/c1-2-15-8-4-6-11(10(12)13)5-3-7-14-9-11/h2-9H2,1H3,(H,12,13). The molecule has 1 aliphatic rings. The zero-order valence-corrected chi connectivity index (χ0v) is 10.1. The van der Waals surface area contributed by atoms with Crippen LogP contribution in [0.15, 0.2) is 0 Å². The number of hydrogen-bond acceptors (Lipinski definition) is 3. The number of rotatable bonds is 6. The van der Waals surface area contributed by atoms with Gasteiger partial charge in [0, 0.05) is 6.61 Å². The van der Waals surface area contributed by atoms with E-state index in [0.717, 1.165) is 43.8 Å². The number of carboxylic acid groups (broad SMARTS) is 1. The monoisotopic (exact) mass is 232 g/mol. The Balaban J connectivity index is 2.39.